The lowest BCUT2D eigenvalue weighted by Gasteiger charge is -2.06. The molecule has 4 heteroatoms. The van der Waals surface area contributed by atoms with Crippen LogP contribution in [0.25, 0.3) is 0 Å². The number of hydrogen-bond donors (Lipinski definition) is 1. The number of rotatable bonds is 8. The van der Waals surface area contributed by atoms with Crippen LogP contribution in [0.15, 0.2) is 30.3 Å². The number of nitrogens with one attached hydrogen (secondary N) is 1. The van der Waals surface area contributed by atoms with Gasteiger partial charge in [-0.1, -0.05) is 30.3 Å². The Bertz CT molecular complexity index is 314. The van der Waals surface area contributed by atoms with Gasteiger partial charge in [0.05, 0.1) is 26.4 Å². The van der Waals surface area contributed by atoms with Gasteiger partial charge in [0.25, 0.3) is 0 Å². The molecule has 0 heterocycles. The maximum Gasteiger partial charge on any atom is 0.319 e. The molecule has 0 aliphatic heterocycles. The summed E-state index contributed by atoms with van der Waals surface area (Å²) in [6.45, 7) is 4.27. The van der Waals surface area contributed by atoms with Crippen LogP contribution in [0.5, 0.6) is 0 Å². The average Bonchev–Trinajstić information content (AvgIpc) is 2.35. The Kier molecular flexibility index (Phi) is 7.02. The van der Waals surface area contributed by atoms with Gasteiger partial charge in [0.2, 0.25) is 0 Å². The second kappa shape index (κ2) is 8.73. The van der Waals surface area contributed by atoms with Crippen molar-refractivity contribution < 1.29 is 14.3 Å². The van der Waals surface area contributed by atoms with Crippen LogP contribution < -0.4 is 5.32 Å². The third kappa shape index (κ3) is 6.71. The van der Waals surface area contributed by atoms with Gasteiger partial charge in [0, 0.05) is 6.54 Å². The smallest absolute Gasteiger partial charge is 0.319 e. The van der Waals surface area contributed by atoms with Crippen molar-refractivity contribution in [1.82, 2.24) is 5.32 Å². The number of esters is 1. The SMILES string of the molecule is CCOC(=O)CNCCOCc1ccccc1. The Morgan fingerprint density at radius 2 is 2.06 bits per heavy atom. The van der Waals surface area contributed by atoms with Gasteiger partial charge in [-0.05, 0) is 12.5 Å². The van der Waals surface area contributed by atoms with E-state index in [1.807, 2.05) is 30.3 Å². The summed E-state index contributed by atoms with van der Waals surface area (Å²) in [7, 11) is 0. The van der Waals surface area contributed by atoms with Crippen molar-refractivity contribution in [2.75, 3.05) is 26.3 Å². The summed E-state index contributed by atoms with van der Waals surface area (Å²) < 4.78 is 10.2. The van der Waals surface area contributed by atoms with Crippen molar-refractivity contribution in [2.45, 2.75) is 13.5 Å². The predicted molar refractivity (Wildman–Crippen MR) is 65.6 cm³/mol. The van der Waals surface area contributed by atoms with Crippen LogP contribution in [0, 0.1) is 0 Å². The summed E-state index contributed by atoms with van der Waals surface area (Å²) in [5.41, 5.74) is 1.15. The second-order valence-electron chi connectivity index (χ2n) is 3.52. The van der Waals surface area contributed by atoms with Crippen LogP contribution in [0.1, 0.15) is 12.5 Å². The van der Waals surface area contributed by atoms with Gasteiger partial charge in [0.15, 0.2) is 0 Å². The summed E-state index contributed by atoms with van der Waals surface area (Å²) in [6, 6.07) is 9.98. The van der Waals surface area contributed by atoms with Crippen molar-refractivity contribution in [3.63, 3.8) is 0 Å². The predicted octanol–water partition coefficient (Wildman–Crippen LogP) is 1.36. The molecule has 94 valence electrons. The van der Waals surface area contributed by atoms with Crippen molar-refractivity contribution in [3.8, 4) is 0 Å². The van der Waals surface area contributed by atoms with Crippen LogP contribution in [-0.2, 0) is 20.9 Å². The average molecular weight is 237 g/mol. The minimum atomic E-state index is -0.226. The van der Waals surface area contributed by atoms with E-state index in [-0.39, 0.29) is 12.5 Å². The summed E-state index contributed by atoms with van der Waals surface area (Å²) in [6.07, 6.45) is 0. The first kappa shape index (κ1) is 13.7. The van der Waals surface area contributed by atoms with Gasteiger partial charge in [-0.3, -0.25) is 4.79 Å². The molecule has 4 nitrogen and oxygen atoms in total. The monoisotopic (exact) mass is 237 g/mol. The van der Waals surface area contributed by atoms with E-state index in [2.05, 4.69) is 5.32 Å². The molecule has 0 aliphatic rings. The fourth-order valence-electron chi connectivity index (χ4n) is 1.31. The van der Waals surface area contributed by atoms with Gasteiger partial charge in [-0.15, -0.1) is 0 Å². The molecular weight excluding hydrogens is 218 g/mol. The topological polar surface area (TPSA) is 47.6 Å². The van der Waals surface area contributed by atoms with E-state index < -0.39 is 0 Å². The van der Waals surface area contributed by atoms with Crippen LogP contribution >= 0.6 is 0 Å². The molecular formula is C13H19NO3. The summed E-state index contributed by atoms with van der Waals surface area (Å²) in [5, 5.41) is 2.96. The number of hydrogen-bond acceptors (Lipinski definition) is 4. The molecule has 0 unspecified atom stereocenters. The molecule has 0 saturated carbocycles. The minimum Gasteiger partial charge on any atom is -0.465 e. The zero-order chi connectivity index (χ0) is 12.3. The Balaban J connectivity index is 1.96. The number of carbonyl (C=O) groups is 1. The maximum absolute atomic E-state index is 11.0. The van der Waals surface area contributed by atoms with Crippen molar-refractivity contribution in [1.29, 1.82) is 0 Å². The molecule has 1 rings (SSSR count). The summed E-state index contributed by atoms with van der Waals surface area (Å²) in [5.74, 6) is -0.226. The van der Waals surface area contributed by atoms with E-state index >= 15 is 0 Å². The highest BCUT2D eigenvalue weighted by Crippen LogP contribution is 1.99. The largest absolute Gasteiger partial charge is 0.465 e. The molecule has 1 aromatic rings. The van der Waals surface area contributed by atoms with Crippen molar-refractivity contribution in [3.05, 3.63) is 35.9 Å². The standard InChI is InChI=1S/C13H19NO3/c1-2-17-13(15)10-14-8-9-16-11-12-6-4-3-5-7-12/h3-7,14H,2,8-11H2,1H3. The number of ether oxygens (including phenoxy) is 2. The van der Waals surface area contributed by atoms with E-state index in [4.69, 9.17) is 9.47 Å². The zero-order valence-corrected chi connectivity index (χ0v) is 10.1. The third-order valence-corrected chi connectivity index (χ3v) is 2.11. The lowest BCUT2D eigenvalue weighted by molar-refractivity contribution is -0.142. The van der Waals surface area contributed by atoms with E-state index in [9.17, 15) is 4.79 Å². The summed E-state index contributed by atoms with van der Waals surface area (Å²) in [4.78, 5) is 11.0. The second-order valence-corrected chi connectivity index (χ2v) is 3.52. The normalized spacial score (nSPS) is 10.2. The van der Waals surface area contributed by atoms with Gasteiger partial charge in [-0.2, -0.15) is 0 Å². The van der Waals surface area contributed by atoms with Crippen LogP contribution in [-0.4, -0.2) is 32.3 Å². The lowest BCUT2D eigenvalue weighted by atomic mass is 10.2. The highest BCUT2D eigenvalue weighted by atomic mass is 16.5. The molecule has 0 aromatic heterocycles. The van der Waals surface area contributed by atoms with E-state index in [1.54, 1.807) is 6.92 Å². The van der Waals surface area contributed by atoms with E-state index in [0.717, 1.165) is 5.56 Å². The third-order valence-electron chi connectivity index (χ3n) is 2.11. The van der Waals surface area contributed by atoms with Crippen molar-refractivity contribution >= 4 is 5.97 Å². The molecule has 1 aromatic carbocycles. The lowest BCUT2D eigenvalue weighted by Crippen LogP contribution is -2.27. The molecule has 1 N–H and O–H groups in total. The van der Waals surface area contributed by atoms with Crippen molar-refractivity contribution in [2.24, 2.45) is 0 Å². The Morgan fingerprint density at radius 1 is 1.29 bits per heavy atom. The van der Waals surface area contributed by atoms with Gasteiger partial charge in [-0.25, -0.2) is 0 Å². The van der Waals surface area contributed by atoms with E-state index in [1.165, 1.54) is 0 Å². The zero-order valence-electron chi connectivity index (χ0n) is 10.1. The fraction of sp³-hybridized carbons (Fsp3) is 0.462. The molecule has 0 saturated heterocycles. The quantitative estimate of drug-likeness (QED) is 0.548. The molecule has 0 atom stereocenters. The molecule has 0 fully saturated rings. The van der Waals surface area contributed by atoms with Gasteiger partial charge >= 0.3 is 5.97 Å². The number of benzene rings is 1. The first-order valence-electron chi connectivity index (χ1n) is 5.81. The molecule has 0 aliphatic carbocycles. The molecule has 0 radical (unpaired) electrons. The Labute approximate surface area is 102 Å². The first-order valence-corrected chi connectivity index (χ1v) is 5.81. The first-order chi connectivity index (χ1) is 8.33. The Morgan fingerprint density at radius 3 is 2.76 bits per heavy atom. The Hall–Kier alpha value is -1.39. The molecule has 0 spiro atoms. The minimum absolute atomic E-state index is 0.226. The van der Waals surface area contributed by atoms with Crippen LogP contribution in [0.2, 0.25) is 0 Å². The fourth-order valence-corrected chi connectivity index (χ4v) is 1.31. The molecule has 0 amide bonds. The summed E-state index contributed by atoms with van der Waals surface area (Å²) >= 11 is 0. The number of carbonyl (C=O) groups excluding carboxylic acids is 1. The van der Waals surface area contributed by atoms with Gasteiger partial charge < -0.3 is 14.8 Å². The highest BCUT2D eigenvalue weighted by Gasteiger charge is 1.99. The van der Waals surface area contributed by atoms with E-state index in [0.29, 0.717) is 26.4 Å². The molecule has 17 heavy (non-hydrogen) atoms. The van der Waals surface area contributed by atoms with Gasteiger partial charge in [0.1, 0.15) is 0 Å². The highest BCUT2D eigenvalue weighted by molar-refractivity contribution is 5.71. The van der Waals surface area contributed by atoms with Crippen LogP contribution in [0.3, 0.4) is 0 Å². The van der Waals surface area contributed by atoms with Crippen LogP contribution in [0.4, 0.5) is 0 Å². The maximum atomic E-state index is 11.0. The molecule has 0 bridgehead atoms.